The van der Waals surface area contributed by atoms with Crippen LogP contribution in [0.5, 0.6) is 0 Å². The van der Waals surface area contributed by atoms with Crippen LogP contribution < -0.4 is 0 Å². The van der Waals surface area contributed by atoms with Gasteiger partial charge in [-0.1, -0.05) is 42.5 Å². The van der Waals surface area contributed by atoms with Gasteiger partial charge in [0.25, 0.3) is 0 Å². The van der Waals surface area contributed by atoms with Crippen LogP contribution in [-0.2, 0) is 16.1 Å². The van der Waals surface area contributed by atoms with E-state index in [-0.39, 0.29) is 30.4 Å². The Kier molecular flexibility index (Phi) is 4.23. The van der Waals surface area contributed by atoms with Crippen LogP contribution in [0, 0.1) is 23.2 Å². The molecule has 6 heteroatoms. The molecule has 3 heterocycles. The summed E-state index contributed by atoms with van der Waals surface area (Å²) in [7, 11) is 0. The number of nitriles is 1. The Morgan fingerprint density at radius 3 is 2.38 bits per heavy atom. The highest BCUT2D eigenvalue weighted by atomic mass is 16.3. The van der Waals surface area contributed by atoms with Crippen LogP contribution in [0.2, 0.25) is 0 Å². The van der Waals surface area contributed by atoms with Crippen LogP contribution >= 0.6 is 0 Å². The molecule has 29 heavy (non-hydrogen) atoms. The van der Waals surface area contributed by atoms with Crippen molar-refractivity contribution in [2.24, 2.45) is 11.8 Å². The molecule has 2 aromatic rings. The topological polar surface area (TPSA) is 84.6 Å². The Morgan fingerprint density at radius 1 is 1.00 bits per heavy atom. The number of hydrogen-bond acceptors (Lipinski definition) is 5. The minimum Gasteiger partial charge on any atom is -0.392 e. The highest BCUT2D eigenvalue weighted by molar-refractivity contribution is 6.06. The molecule has 0 radical (unpaired) electrons. The predicted octanol–water partition coefficient (Wildman–Crippen LogP) is 1.85. The molecular weight excluding hydrogens is 366 g/mol. The zero-order valence-electron chi connectivity index (χ0n) is 15.8. The average molecular weight is 387 g/mol. The molecule has 3 aliphatic heterocycles. The lowest BCUT2D eigenvalue weighted by Crippen LogP contribution is -2.39. The number of hydrogen-bond donors (Lipinski definition) is 1. The Labute approximate surface area is 169 Å². The number of imide groups is 1. The molecule has 2 aromatic carbocycles. The summed E-state index contributed by atoms with van der Waals surface area (Å²) in [5.41, 5.74) is 2.39. The van der Waals surface area contributed by atoms with Gasteiger partial charge < -0.3 is 5.11 Å². The lowest BCUT2D eigenvalue weighted by molar-refractivity contribution is -0.142. The highest BCUT2D eigenvalue weighted by Crippen LogP contribution is 2.53. The third-order valence-electron chi connectivity index (χ3n) is 6.53. The van der Waals surface area contributed by atoms with E-state index in [2.05, 4.69) is 11.0 Å². The number of benzene rings is 2. The van der Waals surface area contributed by atoms with Crippen molar-refractivity contribution in [2.75, 3.05) is 6.54 Å². The molecule has 0 aliphatic carbocycles. The van der Waals surface area contributed by atoms with Crippen LogP contribution in [0.1, 0.15) is 29.2 Å². The normalized spacial score (nSPS) is 31.0. The lowest BCUT2D eigenvalue weighted by Gasteiger charge is -2.28. The minimum absolute atomic E-state index is 0.132. The summed E-state index contributed by atoms with van der Waals surface area (Å²) >= 11 is 0. The monoisotopic (exact) mass is 387 g/mol. The fraction of sp³-hybridized carbons (Fsp3) is 0.348. The van der Waals surface area contributed by atoms with Crippen molar-refractivity contribution in [3.05, 3.63) is 71.3 Å². The van der Waals surface area contributed by atoms with Gasteiger partial charge in [0.15, 0.2) is 0 Å². The van der Waals surface area contributed by atoms with Crippen molar-refractivity contribution in [3.63, 3.8) is 0 Å². The van der Waals surface area contributed by atoms with Crippen molar-refractivity contribution < 1.29 is 14.7 Å². The van der Waals surface area contributed by atoms with E-state index in [9.17, 15) is 14.7 Å². The molecule has 5 atom stereocenters. The quantitative estimate of drug-likeness (QED) is 0.813. The number of fused-ring (bicyclic) bond motifs is 3. The van der Waals surface area contributed by atoms with Crippen molar-refractivity contribution in [1.29, 1.82) is 5.26 Å². The number of carbonyl (C=O) groups is 2. The first-order valence-corrected chi connectivity index (χ1v) is 9.91. The maximum atomic E-state index is 13.4. The fourth-order valence-electron chi connectivity index (χ4n) is 5.33. The predicted molar refractivity (Wildman–Crippen MR) is 104 cm³/mol. The maximum absolute atomic E-state index is 13.4. The van der Waals surface area contributed by atoms with E-state index in [0.717, 1.165) is 11.1 Å². The van der Waals surface area contributed by atoms with Gasteiger partial charge in [0.1, 0.15) is 0 Å². The molecule has 0 bridgehead atoms. The van der Waals surface area contributed by atoms with Gasteiger partial charge >= 0.3 is 0 Å². The molecule has 3 aliphatic rings. The molecule has 3 fully saturated rings. The van der Waals surface area contributed by atoms with Crippen LogP contribution in [0.3, 0.4) is 0 Å². The minimum atomic E-state index is -0.493. The smallest absolute Gasteiger partial charge is 0.235 e. The Hall–Kier alpha value is -3.01. The van der Waals surface area contributed by atoms with E-state index in [1.807, 2.05) is 42.5 Å². The molecule has 0 spiro atoms. The van der Waals surface area contributed by atoms with Gasteiger partial charge in [-0.05, 0) is 29.7 Å². The van der Waals surface area contributed by atoms with E-state index in [1.54, 1.807) is 12.1 Å². The first-order valence-electron chi connectivity index (χ1n) is 9.91. The van der Waals surface area contributed by atoms with Gasteiger partial charge in [0, 0.05) is 18.6 Å². The molecule has 0 aromatic heterocycles. The van der Waals surface area contributed by atoms with Crippen LogP contribution in [0.4, 0.5) is 0 Å². The first-order chi connectivity index (χ1) is 14.1. The van der Waals surface area contributed by atoms with Gasteiger partial charge in [0.05, 0.1) is 36.1 Å². The number of likely N-dealkylation sites (tertiary alicyclic amines) is 1. The Morgan fingerprint density at radius 2 is 1.69 bits per heavy atom. The summed E-state index contributed by atoms with van der Waals surface area (Å²) < 4.78 is 0. The van der Waals surface area contributed by atoms with E-state index in [4.69, 9.17) is 5.26 Å². The van der Waals surface area contributed by atoms with E-state index >= 15 is 0 Å². The number of rotatable bonds is 3. The van der Waals surface area contributed by atoms with E-state index < -0.39 is 17.9 Å². The standard InChI is InChI=1S/C23H21N3O3/c24-11-14-6-8-16(9-7-14)21-20-19(18-10-17(27)13-25(18)21)22(28)26(23(20)29)12-15-4-2-1-3-5-15/h1-9,17-21,27H,10,12-13H2/t17-,18+,19+,20+,21+/m0/s1. The van der Waals surface area contributed by atoms with Crippen molar-refractivity contribution >= 4 is 11.8 Å². The first kappa shape index (κ1) is 18.0. The Balaban J connectivity index is 1.51. The second-order valence-corrected chi connectivity index (χ2v) is 8.13. The van der Waals surface area contributed by atoms with Gasteiger partial charge in [0.2, 0.25) is 11.8 Å². The SMILES string of the molecule is N#Cc1ccc([C@@H]2[C@@H]3C(=O)N(Cc4ccccc4)C(=O)[C@@H]3[C@H]3C[C@H](O)CN32)cc1. The summed E-state index contributed by atoms with van der Waals surface area (Å²) in [5.74, 6) is -1.15. The van der Waals surface area contributed by atoms with Crippen LogP contribution in [0.15, 0.2) is 54.6 Å². The average Bonchev–Trinajstić information content (AvgIpc) is 3.33. The van der Waals surface area contributed by atoms with E-state index in [1.165, 1.54) is 4.90 Å². The molecular formula is C23H21N3O3. The summed E-state index contributed by atoms with van der Waals surface area (Å²) in [5, 5.41) is 19.3. The summed E-state index contributed by atoms with van der Waals surface area (Å²) in [6, 6.07) is 18.5. The summed E-state index contributed by atoms with van der Waals surface area (Å²) in [6.07, 6.45) is 0.0134. The van der Waals surface area contributed by atoms with Crippen molar-refractivity contribution in [1.82, 2.24) is 9.80 Å². The van der Waals surface area contributed by atoms with Crippen molar-refractivity contribution in [3.8, 4) is 6.07 Å². The molecule has 146 valence electrons. The van der Waals surface area contributed by atoms with Crippen LogP contribution in [0.25, 0.3) is 0 Å². The van der Waals surface area contributed by atoms with Crippen LogP contribution in [-0.4, -0.2) is 45.4 Å². The summed E-state index contributed by atoms with van der Waals surface area (Å²) in [4.78, 5) is 30.2. The molecule has 2 amide bonds. The Bertz CT molecular complexity index is 998. The third kappa shape index (κ3) is 2.78. The zero-order chi connectivity index (χ0) is 20.1. The van der Waals surface area contributed by atoms with Gasteiger partial charge in [-0.25, -0.2) is 0 Å². The zero-order valence-corrected chi connectivity index (χ0v) is 15.8. The van der Waals surface area contributed by atoms with E-state index in [0.29, 0.717) is 18.5 Å². The number of aliphatic hydroxyl groups excluding tert-OH is 1. The van der Waals surface area contributed by atoms with Gasteiger partial charge in [-0.2, -0.15) is 5.26 Å². The third-order valence-corrected chi connectivity index (χ3v) is 6.53. The molecule has 6 nitrogen and oxygen atoms in total. The lowest BCUT2D eigenvalue weighted by atomic mass is 9.85. The second kappa shape index (κ2) is 6.80. The molecule has 3 saturated heterocycles. The molecule has 0 saturated carbocycles. The second-order valence-electron chi connectivity index (χ2n) is 8.13. The highest BCUT2D eigenvalue weighted by Gasteiger charge is 2.63. The molecule has 1 N–H and O–H groups in total. The fourth-order valence-corrected chi connectivity index (χ4v) is 5.33. The number of nitrogens with zero attached hydrogens (tertiary/aromatic N) is 3. The molecule has 5 rings (SSSR count). The largest absolute Gasteiger partial charge is 0.392 e. The van der Waals surface area contributed by atoms with Gasteiger partial charge in [-0.15, -0.1) is 0 Å². The number of aliphatic hydroxyl groups is 1. The maximum Gasteiger partial charge on any atom is 0.235 e. The number of carbonyl (C=O) groups excluding carboxylic acids is 2. The summed E-state index contributed by atoms with van der Waals surface area (Å²) in [6.45, 7) is 0.739. The van der Waals surface area contributed by atoms with Gasteiger partial charge in [-0.3, -0.25) is 19.4 Å². The molecule has 0 unspecified atom stereocenters. The van der Waals surface area contributed by atoms with Crippen molar-refractivity contribution in [2.45, 2.75) is 31.2 Å². The number of amides is 2.